The highest BCUT2D eigenvalue weighted by Gasteiger charge is 2.19. The fourth-order valence-corrected chi connectivity index (χ4v) is 2.82. The van der Waals surface area contributed by atoms with Crippen LogP contribution in [0.15, 0.2) is 28.7 Å². The Morgan fingerprint density at radius 2 is 2.18 bits per heavy atom. The molecule has 1 rings (SSSR count). The number of rotatable bonds is 5. The zero-order valence-corrected chi connectivity index (χ0v) is 11.5. The Kier molecular flexibility index (Phi) is 4.67. The Bertz CT molecular complexity index is 515. The minimum Gasteiger partial charge on any atom is -0.480 e. The molecule has 1 aromatic rings. The summed E-state index contributed by atoms with van der Waals surface area (Å²) in [5, 5.41) is 8.45. The van der Waals surface area contributed by atoms with Crippen LogP contribution in [0.4, 0.5) is 0 Å². The summed E-state index contributed by atoms with van der Waals surface area (Å²) in [4.78, 5) is 10.4. The molecule has 94 valence electrons. The van der Waals surface area contributed by atoms with E-state index in [4.69, 9.17) is 5.11 Å². The van der Waals surface area contributed by atoms with Gasteiger partial charge in [-0.05, 0) is 24.6 Å². The van der Waals surface area contributed by atoms with E-state index in [1.54, 1.807) is 25.1 Å². The average Bonchev–Trinajstić information content (AvgIpc) is 2.14. The maximum absolute atomic E-state index is 11.4. The summed E-state index contributed by atoms with van der Waals surface area (Å²) in [6.45, 7) is 1.65. The third-order valence-electron chi connectivity index (χ3n) is 2.02. The van der Waals surface area contributed by atoms with Crippen molar-refractivity contribution in [3.05, 3.63) is 34.3 Å². The minimum absolute atomic E-state index is 0.475. The van der Waals surface area contributed by atoms with Crippen LogP contribution in [0, 0.1) is 0 Å². The van der Waals surface area contributed by atoms with E-state index in [0.717, 1.165) is 10.0 Å². The monoisotopic (exact) mass is 321 g/mol. The molecule has 0 aliphatic carbocycles. The number of carbonyl (C=O) groups is 1. The van der Waals surface area contributed by atoms with Gasteiger partial charge in [-0.15, -0.1) is 0 Å². The number of benzene rings is 1. The Morgan fingerprint density at radius 3 is 2.71 bits per heavy atom. The van der Waals surface area contributed by atoms with E-state index in [2.05, 4.69) is 20.7 Å². The van der Waals surface area contributed by atoms with E-state index in [9.17, 15) is 13.2 Å². The number of aliphatic carboxylic acids is 1. The Hall–Kier alpha value is -0.920. The van der Waals surface area contributed by atoms with Crippen molar-refractivity contribution in [2.45, 2.75) is 13.0 Å². The van der Waals surface area contributed by atoms with Gasteiger partial charge in [0.1, 0.15) is 0 Å². The van der Waals surface area contributed by atoms with Gasteiger partial charge in [-0.25, -0.2) is 13.1 Å². The van der Waals surface area contributed by atoms with Gasteiger partial charge >= 0.3 is 5.97 Å². The lowest BCUT2D eigenvalue weighted by Gasteiger charge is -2.13. The molecule has 0 saturated heterocycles. The molecule has 0 saturated carbocycles. The second-order valence-corrected chi connectivity index (χ2v) is 6.22. The first-order valence-corrected chi connectivity index (χ1v) is 7.22. The molecule has 1 atom stereocenters. The van der Waals surface area contributed by atoms with Gasteiger partial charge in [0.15, 0.2) is 5.75 Å². The quantitative estimate of drug-likeness (QED) is 0.861. The van der Waals surface area contributed by atoms with Crippen molar-refractivity contribution >= 4 is 31.9 Å². The molecule has 0 spiro atoms. The van der Waals surface area contributed by atoms with Crippen LogP contribution in [0.5, 0.6) is 0 Å². The van der Waals surface area contributed by atoms with Crippen molar-refractivity contribution in [3.8, 4) is 0 Å². The molecule has 0 aromatic heterocycles. The molecule has 0 heterocycles. The molecule has 5 nitrogen and oxygen atoms in total. The van der Waals surface area contributed by atoms with Gasteiger partial charge in [0.2, 0.25) is 10.0 Å². The van der Waals surface area contributed by atoms with Gasteiger partial charge in [-0.3, -0.25) is 4.79 Å². The molecule has 0 aliphatic heterocycles. The predicted molar refractivity (Wildman–Crippen MR) is 67.1 cm³/mol. The summed E-state index contributed by atoms with van der Waals surface area (Å²) in [6, 6.07) is 6.66. The number of carboxylic acid groups (broad SMARTS) is 1. The fourth-order valence-electron chi connectivity index (χ4n) is 1.32. The number of hydrogen-bond acceptors (Lipinski definition) is 3. The molecule has 0 radical (unpaired) electrons. The van der Waals surface area contributed by atoms with Gasteiger partial charge in [-0.2, -0.15) is 0 Å². The first-order chi connectivity index (χ1) is 7.80. The Balaban J connectivity index is 2.79. The standard InChI is InChI=1S/C10H12BrNO4S/c1-7(8-3-2-4-9(11)5-8)12-17(15,16)6-10(13)14/h2-5,7,12H,6H2,1H3,(H,13,14)/t7-/m0/s1. The number of nitrogens with one attached hydrogen (secondary N) is 1. The second-order valence-electron chi connectivity index (χ2n) is 3.55. The van der Waals surface area contributed by atoms with Crippen molar-refractivity contribution in [3.63, 3.8) is 0 Å². The third kappa shape index (κ3) is 4.84. The van der Waals surface area contributed by atoms with E-state index in [1.807, 2.05) is 6.07 Å². The van der Waals surface area contributed by atoms with E-state index >= 15 is 0 Å². The molecule has 1 aromatic carbocycles. The zero-order valence-electron chi connectivity index (χ0n) is 9.05. The van der Waals surface area contributed by atoms with Crippen LogP contribution in [0.2, 0.25) is 0 Å². The largest absolute Gasteiger partial charge is 0.480 e. The van der Waals surface area contributed by atoms with E-state index < -0.39 is 27.8 Å². The van der Waals surface area contributed by atoms with Gasteiger partial charge in [-0.1, -0.05) is 28.1 Å². The van der Waals surface area contributed by atoms with Crippen molar-refractivity contribution in [1.82, 2.24) is 4.72 Å². The van der Waals surface area contributed by atoms with E-state index in [0.29, 0.717) is 0 Å². The van der Waals surface area contributed by atoms with Crippen molar-refractivity contribution in [2.75, 3.05) is 5.75 Å². The van der Waals surface area contributed by atoms with Crippen LogP contribution in [-0.2, 0) is 14.8 Å². The van der Waals surface area contributed by atoms with Gasteiger partial charge in [0, 0.05) is 10.5 Å². The molecule has 2 N–H and O–H groups in total. The van der Waals surface area contributed by atoms with Crippen molar-refractivity contribution in [1.29, 1.82) is 0 Å². The van der Waals surface area contributed by atoms with Crippen LogP contribution in [-0.4, -0.2) is 25.2 Å². The highest BCUT2D eigenvalue weighted by atomic mass is 79.9. The summed E-state index contributed by atoms with van der Waals surface area (Å²) in [6.07, 6.45) is 0. The predicted octanol–water partition coefficient (Wildman–Crippen LogP) is 1.51. The first-order valence-electron chi connectivity index (χ1n) is 4.77. The third-order valence-corrected chi connectivity index (χ3v) is 3.85. The molecule has 0 amide bonds. The van der Waals surface area contributed by atoms with Crippen LogP contribution in [0.1, 0.15) is 18.5 Å². The molecule has 0 bridgehead atoms. The van der Waals surface area contributed by atoms with Gasteiger partial charge in [0.25, 0.3) is 0 Å². The fraction of sp³-hybridized carbons (Fsp3) is 0.300. The summed E-state index contributed by atoms with van der Waals surface area (Å²) >= 11 is 3.28. The molecule has 0 aliphatic rings. The molecular formula is C10H12BrNO4S. The number of hydrogen-bond donors (Lipinski definition) is 2. The summed E-state index contributed by atoms with van der Waals surface area (Å²) < 4.78 is 25.9. The zero-order chi connectivity index (χ0) is 13.1. The molecular weight excluding hydrogens is 310 g/mol. The Labute approximate surface area is 108 Å². The summed E-state index contributed by atoms with van der Waals surface area (Å²) in [7, 11) is -3.81. The van der Waals surface area contributed by atoms with E-state index in [-0.39, 0.29) is 0 Å². The number of halogens is 1. The maximum atomic E-state index is 11.4. The number of sulfonamides is 1. The molecule has 0 unspecified atom stereocenters. The number of carboxylic acids is 1. The molecule has 7 heteroatoms. The lowest BCUT2D eigenvalue weighted by molar-refractivity contribution is -0.134. The van der Waals surface area contributed by atoms with E-state index in [1.165, 1.54) is 0 Å². The molecule has 0 fully saturated rings. The molecule has 17 heavy (non-hydrogen) atoms. The van der Waals surface area contributed by atoms with Gasteiger partial charge < -0.3 is 5.11 Å². The van der Waals surface area contributed by atoms with Crippen LogP contribution in [0.25, 0.3) is 0 Å². The normalized spacial score (nSPS) is 13.3. The second kappa shape index (κ2) is 5.61. The van der Waals surface area contributed by atoms with Crippen molar-refractivity contribution in [2.24, 2.45) is 0 Å². The summed E-state index contributed by atoms with van der Waals surface area (Å²) in [5.41, 5.74) is 0.758. The highest BCUT2D eigenvalue weighted by molar-refractivity contribution is 9.10. The SMILES string of the molecule is C[C@H](NS(=O)(=O)CC(=O)O)c1cccc(Br)c1. The van der Waals surface area contributed by atoms with Crippen molar-refractivity contribution < 1.29 is 18.3 Å². The lowest BCUT2D eigenvalue weighted by atomic mass is 10.1. The highest BCUT2D eigenvalue weighted by Crippen LogP contribution is 2.18. The lowest BCUT2D eigenvalue weighted by Crippen LogP contribution is -2.32. The van der Waals surface area contributed by atoms with Crippen LogP contribution in [0.3, 0.4) is 0 Å². The first kappa shape index (κ1) is 14.1. The van der Waals surface area contributed by atoms with Crippen LogP contribution >= 0.6 is 15.9 Å². The van der Waals surface area contributed by atoms with Crippen LogP contribution < -0.4 is 4.72 Å². The van der Waals surface area contributed by atoms with Gasteiger partial charge in [0.05, 0.1) is 0 Å². The topological polar surface area (TPSA) is 83.5 Å². The summed E-state index contributed by atoms with van der Waals surface area (Å²) in [5.74, 6) is -2.30. The minimum atomic E-state index is -3.81. The Morgan fingerprint density at radius 1 is 1.53 bits per heavy atom. The smallest absolute Gasteiger partial charge is 0.320 e. The average molecular weight is 322 g/mol. The maximum Gasteiger partial charge on any atom is 0.320 e.